The molecular weight excluding hydrogens is 455 g/mol. The van der Waals surface area contributed by atoms with Crippen molar-refractivity contribution in [3.63, 3.8) is 0 Å². The van der Waals surface area contributed by atoms with Gasteiger partial charge in [0.25, 0.3) is 5.92 Å². The van der Waals surface area contributed by atoms with Crippen molar-refractivity contribution in [1.29, 1.82) is 5.41 Å². The van der Waals surface area contributed by atoms with Crippen LogP contribution in [0.15, 0.2) is 45.6 Å². The first-order valence-corrected chi connectivity index (χ1v) is 10.2. The van der Waals surface area contributed by atoms with Gasteiger partial charge in [0.1, 0.15) is 17.7 Å². The second kappa shape index (κ2) is 9.53. The van der Waals surface area contributed by atoms with Crippen LogP contribution in [0.5, 0.6) is 0 Å². The molecule has 0 spiro atoms. The third-order valence-electron chi connectivity index (χ3n) is 5.34. The van der Waals surface area contributed by atoms with Crippen LogP contribution in [-0.2, 0) is 6.18 Å². The van der Waals surface area contributed by atoms with Gasteiger partial charge in [-0.25, -0.2) is 13.8 Å². The molecule has 2 aliphatic heterocycles. The molecule has 0 aliphatic carbocycles. The number of nitrogens with one attached hydrogen (secondary N) is 2. The topological polar surface area (TPSA) is 67.1 Å². The zero-order valence-electron chi connectivity index (χ0n) is 17.0. The molecule has 1 aromatic carbocycles. The van der Waals surface area contributed by atoms with Gasteiger partial charge in [0, 0.05) is 44.0 Å². The predicted molar refractivity (Wildman–Crippen MR) is 115 cm³/mol. The van der Waals surface area contributed by atoms with Gasteiger partial charge in [-0.05, 0) is 24.9 Å². The maximum atomic E-state index is 13.5. The van der Waals surface area contributed by atoms with Gasteiger partial charge in [-0.3, -0.25) is 9.89 Å². The molecule has 2 saturated heterocycles. The highest BCUT2D eigenvalue weighted by molar-refractivity contribution is 6.23. The molecule has 0 atom stereocenters. The average Bonchev–Trinajstić information content (AvgIpc) is 3.05. The fourth-order valence-electron chi connectivity index (χ4n) is 3.69. The molecule has 6 nitrogen and oxygen atoms in total. The quantitative estimate of drug-likeness (QED) is 0.203. The first-order valence-electron chi connectivity index (χ1n) is 9.71. The lowest BCUT2D eigenvalue weighted by Gasteiger charge is -2.45. The summed E-state index contributed by atoms with van der Waals surface area (Å²) in [5, 5.41) is 10.6. The Labute approximate surface area is 187 Å². The smallest absolute Gasteiger partial charge is 0.353 e. The minimum Gasteiger partial charge on any atom is -0.353 e. The van der Waals surface area contributed by atoms with E-state index in [-0.39, 0.29) is 47.9 Å². The molecule has 0 bridgehead atoms. The summed E-state index contributed by atoms with van der Waals surface area (Å²) in [6.45, 7) is 4.34. The Balaban J connectivity index is 1.80. The minimum absolute atomic E-state index is 0.0490. The van der Waals surface area contributed by atoms with Crippen LogP contribution in [0.2, 0.25) is 0 Å². The molecule has 0 saturated carbocycles. The third kappa shape index (κ3) is 5.44. The number of likely N-dealkylation sites (tertiary alicyclic amines) is 2. The molecule has 1 aromatic rings. The summed E-state index contributed by atoms with van der Waals surface area (Å²) >= 11 is 5.74. The van der Waals surface area contributed by atoms with Crippen LogP contribution in [0.3, 0.4) is 0 Å². The van der Waals surface area contributed by atoms with Crippen LogP contribution in [0.1, 0.15) is 12.0 Å². The Morgan fingerprint density at radius 1 is 1.34 bits per heavy atom. The van der Waals surface area contributed by atoms with Crippen LogP contribution < -0.4 is 5.32 Å². The summed E-state index contributed by atoms with van der Waals surface area (Å²) in [7, 11) is 0. The van der Waals surface area contributed by atoms with Gasteiger partial charge in [-0.2, -0.15) is 13.2 Å². The van der Waals surface area contributed by atoms with E-state index in [1.54, 1.807) is 9.80 Å². The average molecular weight is 477 g/mol. The summed E-state index contributed by atoms with van der Waals surface area (Å²) < 4.78 is 66.1. The number of amidine groups is 1. The number of anilines is 1. The van der Waals surface area contributed by atoms with E-state index in [1.807, 2.05) is 0 Å². The molecule has 0 radical (unpaired) electrons. The number of rotatable bonds is 7. The molecule has 2 N–H and O–H groups in total. The Hall–Kier alpha value is -2.53. The minimum atomic E-state index is -4.52. The molecule has 0 amide bonds. The zero-order chi connectivity index (χ0) is 23.5. The van der Waals surface area contributed by atoms with Gasteiger partial charge in [0.15, 0.2) is 0 Å². The van der Waals surface area contributed by atoms with Crippen molar-refractivity contribution in [2.75, 3.05) is 37.5 Å². The normalized spacial score (nSPS) is 20.6. The molecule has 12 heteroatoms. The maximum absolute atomic E-state index is 13.5. The Kier molecular flexibility index (Phi) is 7.19. The number of hydrogen-bond acceptors (Lipinski definition) is 5. The van der Waals surface area contributed by atoms with Crippen LogP contribution in [-0.4, -0.2) is 72.7 Å². The van der Waals surface area contributed by atoms with Gasteiger partial charge in [-0.1, -0.05) is 6.07 Å². The number of alkyl halides is 6. The van der Waals surface area contributed by atoms with E-state index in [0.29, 0.717) is 19.6 Å². The lowest BCUT2D eigenvalue weighted by molar-refractivity contribution is -0.137. The largest absolute Gasteiger partial charge is 0.416 e. The van der Waals surface area contributed by atoms with Crippen molar-refractivity contribution in [2.45, 2.75) is 24.6 Å². The lowest BCUT2D eigenvalue weighted by atomic mass is 10.1. The van der Waals surface area contributed by atoms with Gasteiger partial charge >= 0.3 is 6.18 Å². The van der Waals surface area contributed by atoms with Crippen molar-refractivity contribution in [2.24, 2.45) is 9.98 Å². The fraction of sp³-hybridized carbons (Fsp3) is 0.450. The number of aliphatic imine (C=N–C) groups is 2. The van der Waals surface area contributed by atoms with Gasteiger partial charge in [0.05, 0.1) is 17.7 Å². The molecule has 0 unspecified atom stereocenters. The maximum Gasteiger partial charge on any atom is 0.416 e. The van der Waals surface area contributed by atoms with Crippen LogP contribution in [0.4, 0.5) is 27.6 Å². The highest BCUT2D eigenvalue weighted by Gasteiger charge is 2.44. The van der Waals surface area contributed by atoms with Crippen molar-refractivity contribution in [1.82, 2.24) is 9.80 Å². The molecule has 2 fully saturated rings. The number of nitrogens with zero attached hydrogens (tertiary/aromatic N) is 4. The highest BCUT2D eigenvalue weighted by Crippen LogP contribution is 2.33. The number of hydrogen-bond donors (Lipinski definition) is 2. The Morgan fingerprint density at radius 2 is 2.06 bits per heavy atom. The van der Waals surface area contributed by atoms with Crippen molar-refractivity contribution in [3.05, 3.63) is 41.2 Å². The van der Waals surface area contributed by atoms with Gasteiger partial charge < -0.3 is 15.6 Å². The van der Waals surface area contributed by atoms with Crippen molar-refractivity contribution < 1.29 is 22.0 Å². The van der Waals surface area contributed by atoms with Crippen LogP contribution >= 0.6 is 11.6 Å². The van der Waals surface area contributed by atoms with Gasteiger partial charge in [-0.15, -0.1) is 11.6 Å². The molecular formula is C20H22ClF5N6. The summed E-state index contributed by atoms with van der Waals surface area (Å²) in [6.07, 6.45) is -3.74. The fourth-order valence-corrected chi connectivity index (χ4v) is 3.81. The first kappa shape index (κ1) is 24.1. The summed E-state index contributed by atoms with van der Waals surface area (Å²) in [4.78, 5) is 11.5. The second-order valence-corrected chi connectivity index (χ2v) is 7.74. The summed E-state index contributed by atoms with van der Waals surface area (Å²) in [5.41, 5.74) is -0.571. The zero-order valence-corrected chi connectivity index (χ0v) is 17.7. The summed E-state index contributed by atoms with van der Waals surface area (Å²) in [5.74, 6) is -2.37. The van der Waals surface area contributed by atoms with Crippen molar-refractivity contribution in [3.8, 4) is 0 Å². The lowest BCUT2D eigenvalue weighted by Crippen LogP contribution is -2.58. The van der Waals surface area contributed by atoms with Crippen LogP contribution in [0.25, 0.3) is 0 Å². The molecule has 174 valence electrons. The van der Waals surface area contributed by atoms with Crippen LogP contribution in [0, 0.1) is 5.41 Å². The predicted octanol–water partition coefficient (Wildman–Crippen LogP) is 4.30. The van der Waals surface area contributed by atoms with Gasteiger partial charge in [0.2, 0.25) is 0 Å². The monoisotopic (exact) mass is 476 g/mol. The van der Waals surface area contributed by atoms with E-state index >= 15 is 0 Å². The molecule has 2 aliphatic rings. The van der Waals surface area contributed by atoms with E-state index < -0.39 is 17.7 Å². The summed E-state index contributed by atoms with van der Waals surface area (Å²) in [6, 6.07) is 4.23. The molecule has 3 rings (SSSR count). The van der Waals surface area contributed by atoms with E-state index in [2.05, 4.69) is 22.0 Å². The standard InChI is InChI=1S/C20H22ClF5N6/c1-28-18(32-9-15(10-32)31-6-5-19(22,23)11-31)16(8-27)17(29-12-21)30-14-4-2-3-13(7-14)20(24,25)26/h2-4,7-8,15,27H,1,5-6,9-12H2,(H,29,30)/b18-16+,27-8?. The SMILES string of the molecule is C=N/C(=C(/C=N)C(=NCCl)Nc1cccc(C(F)(F)F)c1)N1CC(N2CCC(F)(F)C2)C1. The molecule has 0 aromatic heterocycles. The first-order chi connectivity index (χ1) is 15.1. The van der Waals surface area contributed by atoms with Crippen molar-refractivity contribution >= 4 is 36.1 Å². The second-order valence-electron chi connectivity index (χ2n) is 7.50. The van der Waals surface area contributed by atoms with E-state index in [0.717, 1.165) is 18.3 Å². The molecule has 2 heterocycles. The number of halogens is 6. The van der Waals surface area contributed by atoms with E-state index in [1.165, 1.54) is 12.1 Å². The number of benzene rings is 1. The molecule has 32 heavy (non-hydrogen) atoms. The van der Waals surface area contributed by atoms with E-state index in [9.17, 15) is 22.0 Å². The Morgan fingerprint density at radius 3 is 2.59 bits per heavy atom. The third-order valence-corrected chi connectivity index (χ3v) is 5.46. The highest BCUT2D eigenvalue weighted by atomic mass is 35.5. The Bertz CT molecular complexity index is 923. The van der Waals surface area contributed by atoms with E-state index in [4.69, 9.17) is 17.0 Å².